The van der Waals surface area contributed by atoms with Gasteiger partial charge in [-0.15, -0.1) is 0 Å². The van der Waals surface area contributed by atoms with Crippen LogP contribution < -0.4 is 10.2 Å². The monoisotopic (exact) mass is 219 g/mol. The van der Waals surface area contributed by atoms with Gasteiger partial charge in [0.25, 0.3) is 0 Å². The summed E-state index contributed by atoms with van der Waals surface area (Å²) in [6.07, 6.45) is 3.87. The lowest BCUT2D eigenvalue weighted by molar-refractivity contribution is 0.410. The summed E-state index contributed by atoms with van der Waals surface area (Å²) in [4.78, 5) is 6.68. The molecule has 1 fully saturated rings. The highest BCUT2D eigenvalue weighted by atomic mass is 15.1. The molecule has 1 atom stereocenters. The van der Waals surface area contributed by atoms with Crippen LogP contribution in [-0.4, -0.2) is 25.6 Å². The normalized spacial score (nSPS) is 20.8. The maximum absolute atomic E-state index is 4.63. The molecule has 1 aliphatic heterocycles. The number of pyridine rings is 1. The van der Waals surface area contributed by atoms with E-state index in [2.05, 4.69) is 29.4 Å². The number of piperidine rings is 1. The Morgan fingerprint density at radius 3 is 2.69 bits per heavy atom. The minimum absolute atomic E-state index is 0.512. The van der Waals surface area contributed by atoms with Crippen LogP contribution in [0.5, 0.6) is 0 Å². The Balaban J connectivity index is 2.21. The molecule has 2 heterocycles. The molecule has 0 aliphatic carbocycles. The van der Waals surface area contributed by atoms with Crippen molar-refractivity contribution in [1.82, 2.24) is 10.3 Å². The van der Waals surface area contributed by atoms with Gasteiger partial charge in [-0.2, -0.15) is 0 Å². The molecule has 0 amide bonds. The molecule has 16 heavy (non-hydrogen) atoms. The first kappa shape index (κ1) is 11.4. The van der Waals surface area contributed by atoms with Crippen LogP contribution in [0.1, 0.15) is 36.6 Å². The van der Waals surface area contributed by atoms with Gasteiger partial charge < -0.3 is 10.2 Å². The molecule has 3 heteroatoms. The number of nitrogens with zero attached hydrogens (tertiary/aromatic N) is 2. The lowest BCUT2D eigenvalue weighted by Gasteiger charge is -2.25. The van der Waals surface area contributed by atoms with Gasteiger partial charge in [-0.25, -0.2) is 4.98 Å². The van der Waals surface area contributed by atoms with Crippen LogP contribution in [0.25, 0.3) is 0 Å². The summed E-state index contributed by atoms with van der Waals surface area (Å²) in [5, 5.41) is 3.57. The van der Waals surface area contributed by atoms with Gasteiger partial charge in [-0.1, -0.05) is 12.5 Å². The molecule has 1 aromatic rings. The van der Waals surface area contributed by atoms with Crippen LogP contribution in [0.3, 0.4) is 0 Å². The number of anilines is 1. The van der Waals surface area contributed by atoms with Gasteiger partial charge >= 0.3 is 0 Å². The van der Waals surface area contributed by atoms with E-state index in [1.807, 2.05) is 19.0 Å². The van der Waals surface area contributed by atoms with Gasteiger partial charge in [0.2, 0.25) is 0 Å². The first-order chi connectivity index (χ1) is 7.68. The summed E-state index contributed by atoms with van der Waals surface area (Å²) in [7, 11) is 4.06. The molecular weight excluding hydrogens is 198 g/mol. The van der Waals surface area contributed by atoms with Crippen LogP contribution in [0.15, 0.2) is 12.1 Å². The van der Waals surface area contributed by atoms with E-state index in [0.29, 0.717) is 6.04 Å². The third-order valence-electron chi connectivity index (χ3n) is 3.26. The molecule has 0 unspecified atom stereocenters. The minimum Gasteiger partial charge on any atom is -0.363 e. The van der Waals surface area contributed by atoms with Crippen molar-refractivity contribution in [3.63, 3.8) is 0 Å². The van der Waals surface area contributed by atoms with Crippen LogP contribution >= 0.6 is 0 Å². The van der Waals surface area contributed by atoms with Gasteiger partial charge in [0.1, 0.15) is 5.82 Å². The van der Waals surface area contributed by atoms with Crippen molar-refractivity contribution >= 4 is 5.82 Å². The van der Waals surface area contributed by atoms with Crippen molar-refractivity contribution in [1.29, 1.82) is 0 Å². The van der Waals surface area contributed by atoms with E-state index in [4.69, 9.17) is 0 Å². The summed E-state index contributed by atoms with van der Waals surface area (Å²) in [5.41, 5.74) is 2.52. The number of nitrogens with one attached hydrogen (secondary N) is 1. The second kappa shape index (κ2) is 4.83. The second-order valence-corrected chi connectivity index (χ2v) is 4.74. The molecule has 2 rings (SSSR count). The predicted octanol–water partition coefficient (Wildman–Crippen LogP) is 2.27. The molecule has 0 aromatic carbocycles. The van der Waals surface area contributed by atoms with Gasteiger partial charge in [-0.05, 0) is 37.9 Å². The quantitative estimate of drug-likeness (QED) is 0.827. The van der Waals surface area contributed by atoms with Crippen LogP contribution in [0.2, 0.25) is 0 Å². The molecule has 0 bridgehead atoms. The summed E-state index contributed by atoms with van der Waals surface area (Å²) in [6.45, 7) is 3.25. The van der Waals surface area contributed by atoms with E-state index in [1.165, 1.54) is 24.8 Å². The van der Waals surface area contributed by atoms with E-state index < -0.39 is 0 Å². The van der Waals surface area contributed by atoms with Gasteiger partial charge in [0.15, 0.2) is 0 Å². The fourth-order valence-corrected chi connectivity index (χ4v) is 2.29. The minimum atomic E-state index is 0.512. The van der Waals surface area contributed by atoms with Crippen molar-refractivity contribution in [2.45, 2.75) is 32.2 Å². The van der Waals surface area contributed by atoms with E-state index in [0.717, 1.165) is 18.1 Å². The predicted molar refractivity (Wildman–Crippen MR) is 67.9 cm³/mol. The highest BCUT2D eigenvalue weighted by Crippen LogP contribution is 2.25. The van der Waals surface area contributed by atoms with E-state index >= 15 is 0 Å². The van der Waals surface area contributed by atoms with E-state index in [9.17, 15) is 0 Å². The van der Waals surface area contributed by atoms with E-state index in [1.54, 1.807) is 0 Å². The molecule has 0 spiro atoms. The molecule has 1 aliphatic rings. The summed E-state index contributed by atoms with van der Waals surface area (Å²) >= 11 is 0. The van der Waals surface area contributed by atoms with Crippen molar-refractivity contribution in [3.05, 3.63) is 23.4 Å². The number of hydrogen-bond acceptors (Lipinski definition) is 3. The average Bonchev–Trinajstić information content (AvgIpc) is 2.30. The third kappa shape index (κ3) is 2.35. The molecule has 0 saturated carbocycles. The van der Waals surface area contributed by atoms with Crippen molar-refractivity contribution in [2.75, 3.05) is 25.5 Å². The molecule has 3 nitrogen and oxygen atoms in total. The molecular formula is C13H21N3. The smallest absolute Gasteiger partial charge is 0.128 e. The van der Waals surface area contributed by atoms with Crippen LogP contribution in [-0.2, 0) is 0 Å². The zero-order valence-electron chi connectivity index (χ0n) is 10.5. The Hall–Kier alpha value is -1.09. The third-order valence-corrected chi connectivity index (χ3v) is 3.26. The molecule has 1 aromatic heterocycles. The number of aryl methyl sites for hydroxylation is 1. The summed E-state index contributed by atoms with van der Waals surface area (Å²) < 4.78 is 0. The largest absolute Gasteiger partial charge is 0.363 e. The van der Waals surface area contributed by atoms with Gasteiger partial charge in [0.05, 0.1) is 0 Å². The van der Waals surface area contributed by atoms with E-state index in [-0.39, 0.29) is 0 Å². The topological polar surface area (TPSA) is 28.2 Å². The fourth-order valence-electron chi connectivity index (χ4n) is 2.29. The lowest BCUT2D eigenvalue weighted by atomic mass is 9.96. The lowest BCUT2D eigenvalue weighted by Crippen LogP contribution is -2.27. The Bertz CT molecular complexity index is 354. The second-order valence-electron chi connectivity index (χ2n) is 4.74. The summed E-state index contributed by atoms with van der Waals surface area (Å²) in [6, 6.07) is 4.84. The highest BCUT2D eigenvalue weighted by Gasteiger charge is 2.17. The van der Waals surface area contributed by atoms with Crippen molar-refractivity contribution in [2.24, 2.45) is 0 Å². The average molecular weight is 219 g/mol. The molecule has 88 valence electrons. The SMILES string of the molecule is Cc1nc(N(C)C)ccc1[C@H]1CCCCN1. The first-order valence-corrected chi connectivity index (χ1v) is 6.07. The zero-order chi connectivity index (χ0) is 11.5. The van der Waals surface area contributed by atoms with Gasteiger partial charge in [-0.3, -0.25) is 0 Å². The van der Waals surface area contributed by atoms with Gasteiger partial charge in [0, 0.05) is 25.8 Å². The van der Waals surface area contributed by atoms with Crippen LogP contribution in [0.4, 0.5) is 5.82 Å². The Morgan fingerprint density at radius 2 is 2.12 bits per heavy atom. The van der Waals surface area contributed by atoms with Crippen molar-refractivity contribution in [3.8, 4) is 0 Å². The molecule has 0 radical (unpaired) electrons. The Labute approximate surface area is 97.9 Å². The number of hydrogen-bond donors (Lipinski definition) is 1. The van der Waals surface area contributed by atoms with Crippen LogP contribution in [0, 0.1) is 6.92 Å². The number of rotatable bonds is 2. The Kier molecular flexibility index (Phi) is 3.44. The summed E-state index contributed by atoms with van der Waals surface area (Å²) in [5.74, 6) is 1.04. The zero-order valence-corrected chi connectivity index (χ0v) is 10.5. The maximum Gasteiger partial charge on any atom is 0.128 e. The maximum atomic E-state index is 4.63. The molecule has 1 N–H and O–H groups in total. The first-order valence-electron chi connectivity index (χ1n) is 6.07. The highest BCUT2D eigenvalue weighted by molar-refractivity contribution is 5.40. The fraction of sp³-hybridized carbons (Fsp3) is 0.615. The number of aromatic nitrogens is 1. The Morgan fingerprint density at radius 1 is 1.31 bits per heavy atom. The molecule has 1 saturated heterocycles. The standard InChI is InChI=1S/C13H21N3/c1-10-11(12-6-4-5-9-14-12)7-8-13(15-10)16(2)3/h7-8,12,14H,4-6,9H2,1-3H3/t12-/m1/s1. The van der Waals surface area contributed by atoms with Crippen molar-refractivity contribution < 1.29 is 0 Å².